The molecule has 1 aromatic carbocycles. The number of rotatable bonds is 2. The number of fused-ring (bicyclic) bond motifs is 1. The van der Waals surface area contributed by atoms with Crippen LogP contribution in [0.3, 0.4) is 0 Å². The molecule has 1 heterocycles. The summed E-state index contributed by atoms with van der Waals surface area (Å²) in [6.07, 6.45) is 0. The van der Waals surface area contributed by atoms with E-state index in [0.29, 0.717) is 6.54 Å². The molecule has 0 bridgehead atoms. The second-order valence-corrected chi connectivity index (χ2v) is 4.02. The molecule has 0 saturated carbocycles. The van der Waals surface area contributed by atoms with E-state index in [-0.39, 0.29) is 5.91 Å². The van der Waals surface area contributed by atoms with Gasteiger partial charge < -0.3 is 9.47 Å². The molecule has 0 aliphatic rings. The molecule has 2 aromatic rings. The van der Waals surface area contributed by atoms with E-state index in [2.05, 4.69) is 4.98 Å². The standard InChI is InChI=1S/C12H15N3O/c1-9-13-10-6-4-5-7-11(10)15(9)8-12(16)14(2)3/h4-7H,8H2,1-3H3. The van der Waals surface area contributed by atoms with Crippen LogP contribution in [0.15, 0.2) is 24.3 Å². The van der Waals surface area contributed by atoms with Crippen molar-refractivity contribution < 1.29 is 4.79 Å². The second kappa shape index (κ2) is 3.96. The van der Waals surface area contributed by atoms with Crippen LogP contribution in [-0.2, 0) is 11.3 Å². The summed E-state index contributed by atoms with van der Waals surface area (Å²) >= 11 is 0. The number of imidazole rings is 1. The van der Waals surface area contributed by atoms with Gasteiger partial charge in [0.2, 0.25) is 5.91 Å². The van der Waals surface area contributed by atoms with Crippen LogP contribution in [0.1, 0.15) is 5.82 Å². The first-order valence-electron chi connectivity index (χ1n) is 5.21. The third kappa shape index (κ3) is 1.78. The third-order valence-corrected chi connectivity index (χ3v) is 2.64. The van der Waals surface area contributed by atoms with Gasteiger partial charge in [-0.05, 0) is 19.1 Å². The molecule has 0 radical (unpaired) electrons. The van der Waals surface area contributed by atoms with Crippen molar-refractivity contribution in [3.63, 3.8) is 0 Å². The zero-order valence-corrected chi connectivity index (χ0v) is 9.77. The average molecular weight is 217 g/mol. The second-order valence-electron chi connectivity index (χ2n) is 4.02. The number of hydrogen-bond donors (Lipinski definition) is 0. The van der Waals surface area contributed by atoms with Crippen molar-refractivity contribution in [2.45, 2.75) is 13.5 Å². The van der Waals surface area contributed by atoms with Gasteiger partial charge in [-0.3, -0.25) is 4.79 Å². The van der Waals surface area contributed by atoms with Gasteiger partial charge in [0.1, 0.15) is 12.4 Å². The SMILES string of the molecule is Cc1nc2ccccc2n1CC(=O)N(C)C. The number of likely N-dealkylation sites (N-methyl/N-ethyl adjacent to an activating group) is 1. The van der Waals surface area contributed by atoms with Crippen LogP contribution in [0.4, 0.5) is 0 Å². The lowest BCUT2D eigenvalue weighted by Crippen LogP contribution is -2.26. The Balaban J connectivity index is 2.44. The van der Waals surface area contributed by atoms with E-state index in [1.165, 1.54) is 0 Å². The molecule has 0 aliphatic carbocycles. The van der Waals surface area contributed by atoms with Gasteiger partial charge in [-0.2, -0.15) is 0 Å². The van der Waals surface area contributed by atoms with E-state index < -0.39 is 0 Å². The van der Waals surface area contributed by atoms with E-state index in [1.807, 2.05) is 35.8 Å². The van der Waals surface area contributed by atoms with Crippen molar-refractivity contribution in [3.05, 3.63) is 30.1 Å². The zero-order chi connectivity index (χ0) is 11.7. The molecule has 0 N–H and O–H groups in total. The van der Waals surface area contributed by atoms with Gasteiger partial charge in [-0.15, -0.1) is 0 Å². The van der Waals surface area contributed by atoms with Crippen molar-refractivity contribution in [2.75, 3.05) is 14.1 Å². The van der Waals surface area contributed by atoms with E-state index in [4.69, 9.17) is 0 Å². The molecule has 4 nitrogen and oxygen atoms in total. The van der Waals surface area contributed by atoms with Crippen LogP contribution in [0, 0.1) is 6.92 Å². The Hall–Kier alpha value is -1.84. The van der Waals surface area contributed by atoms with Gasteiger partial charge in [-0.1, -0.05) is 12.1 Å². The Morgan fingerprint density at radius 1 is 1.38 bits per heavy atom. The minimum Gasteiger partial charge on any atom is -0.347 e. The maximum absolute atomic E-state index is 11.7. The van der Waals surface area contributed by atoms with Crippen LogP contribution in [0.5, 0.6) is 0 Å². The molecule has 16 heavy (non-hydrogen) atoms. The largest absolute Gasteiger partial charge is 0.347 e. The van der Waals surface area contributed by atoms with Crippen LogP contribution in [-0.4, -0.2) is 34.5 Å². The highest BCUT2D eigenvalue weighted by Gasteiger charge is 2.11. The van der Waals surface area contributed by atoms with Gasteiger partial charge in [0.05, 0.1) is 11.0 Å². The van der Waals surface area contributed by atoms with E-state index >= 15 is 0 Å². The molecule has 0 atom stereocenters. The van der Waals surface area contributed by atoms with Crippen LogP contribution in [0.2, 0.25) is 0 Å². The van der Waals surface area contributed by atoms with Crippen molar-refractivity contribution >= 4 is 16.9 Å². The Kier molecular flexibility index (Phi) is 2.64. The van der Waals surface area contributed by atoms with E-state index in [1.54, 1.807) is 19.0 Å². The number of carbonyl (C=O) groups is 1. The number of para-hydroxylation sites is 2. The van der Waals surface area contributed by atoms with Gasteiger partial charge in [0, 0.05) is 14.1 Å². The summed E-state index contributed by atoms with van der Waals surface area (Å²) in [5.41, 5.74) is 1.95. The molecule has 0 saturated heterocycles. The summed E-state index contributed by atoms with van der Waals surface area (Å²) in [7, 11) is 3.52. The summed E-state index contributed by atoms with van der Waals surface area (Å²) in [4.78, 5) is 17.7. The summed E-state index contributed by atoms with van der Waals surface area (Å²) < 4.78 is 1.94. The first-order valence-corrected chi connectivity index (χ1v) is 5.21. The Morgan fingerprint density at radius 3 is 2.75 bits per heavy atom. The maximum Gasteiger partial charge on any atom is 0.242 e. The fourth-order valence-corrected chi connectivity index (χ4v) is 1.67. The van der Waals surface area contributed by atoms with Crippen LogP contribution >= 0.6 is 0 Å². The lowest BCUT2D eigenvalue weighted by atomic mass is 10.3. The Bertz CT molecular complexity index is 528. The number of nitrogens with zero attached hydrogens (tertiary/aromatic N) is 3. The molecule has 1 aromatic heterocycles. The topological polar surface area (TPSA) is 38.1 Å². The quantitative estimate of drug-likeness (QED) is 0.763. The molecule has 0 aliphatic heterocycles. The van der Waals surface area contributed by atoms with Gasteiger partial charge in [0.15, 0.2) is 0 Å². The molecule has 84 valence electrons. The molecule has 0 fully saturated rings. The summed E-state index contributed by atoms with van der Waals surface area (Å²) in [5, 5.41) is 0. The predicted octanol–water partition coefficient (Wildman–Crippen LogP) is 1.43. The highest BCUT2D eigenvalue weighted by molar-refractivity contribution is 5.80. The molecular weight excluding hydrogens is 202 g/mol. The smallest absolute Gasteiger partial charge is 0.242 e. The van der Waals surface area contributed by atoms with E-state index in [9.17, 15) is 4.79 Å². The number of hydrogen-bond acceptors (Lipinski definition) is 2. The number of carbonyl (C=O) groups excluding carboxylic acids is 1. The van der Waals surface area contributed by atoms with Crippen LogP contribution < -0.4 is 0 Å². The molecule has 0 unspecified atom stereocenters. The maximum atomic E-state index is 11.7. The number of amides is 1. The Morgan fingerprint density at radius 2 is 2.06 bits per heavy atom. The van der Waals surface area contributed by atoms with Gasteiger partial charge in [-0.25, -0.2) is 4.98 Å². The van der Waals surface area contributed by atoms with Gasteiger partial charge in [0.25, 0.3) is 0 Å². The number of aromatic nitrogens is 2. The van der Waals surface area contributed by atoms with Crippen molar-refractivity contribution in [2.24, 2.45) is 0 Å². The minimum atomic E-state index is 0.0752. The minimum absolute atomic E-state index is 0.0752. The summed E-state index contributed by atoms with van der Waals surface area (Å²) in [6.45, 7) is 2.27. The zero-order valence-electron chi connectivity index (χ0n) is 9.77. The Labute approximate surface area is 94.5 Å². The van der Waals surface area contributed by atoms with Crippen molar-refractivity contribution in [1.82, 2.24) is 14.5 Å². The molecule has 1 amide bonds. The first-order chi connectivity index (χ1) is 7.59. The highest BCUT2D eigenvalue weighted by atomic mass is 16.2. The fraction of sp³-hybridized carbons (Fsp3) is 0.333. The van der Waals surface area contributed by atoms with Crippen molar-refractivity contribution in [1.29, 1.82) is 0 Å². The first kappa shape index (κ1) is 10.7. The normalized spacial score (nSPS) is 10.7. The van der Waals surface area contributed by atoms with E-state index in [0.717, 1.165) is 16.9 Å². The summed E-state index contributed by atoms with van der Waals surface area (Å²) in [6, 6.07) is 7.85. The molecule has 4 heteroatoms. The van der Waals surface area contributed by atoms with Crippen LogP contribution in [0.25, 0.3) is 11.0 Å². The molecule has 0 spiro atoms. The monoisotopic (exact) mass is 217 g/mol. The van der Waals surface area contributed by atoms with Gasteiger partial charge >= 0.3 is 0 Å². The number of aryl methyl sites for hydroxylation is 1. The van der Waals surface area contributed by atoms with Crippen molar-refractivity contribution in [3.8, 4) is 0 Å². The highest BCUT2D eigenvalue weighted by Crippen LogP contribution is 2.15. The third-order valence-electron chi connectivity index (χ3n) is 2.64. The summed E-state index contributed by atoms with van der Waals surface area (Å²) in [5.74, 6) is 0.947. The average Bonchev–Trinajstić information content (AvgIpc) is 2.55. The number of benzene rings is 1. The predicted molar refractivity (Wildman–Crippen MR) is 63.2 cm³/mol. The lowest BCUT2D eigenvalue weighted by molar-refractivity contribution is -0.129. The molecule has 2 rings (SSSR count). The lowest BCUT2D eigenvalue weighted by Gasteiger charge is -2.12. The fourth-order valence-electron chi connectivity index (χ4n) is 1.67. The molecular formula is C12H15N3O.